The Hall–Kier alpha value is -3.89. The molecule has 2 aromatic carbocycles. The van der Waals surface area contributed by atoms with Crippen molar-refractivity contribution in [3.05, 3.63) is 81.8 Å². The van der Waals surface area contributed by atoms with Crippen LogP contribution in [0, 0.1) is 11.7 Å². The summed E-state index contributed by atoms with van der Waals surface area (Å²) in [6.07, 6.45) is 3.37. The molecule has 4 aromatic rings. The normalized spacial score (nSPS) is 10.6. The summed E-state index contributed by atoms with van der Waals surface area (Å²) < 4.78 is 13.6. The predicted octanol–water partition coefficient (Wildman–Crippen LogP) is 5.12. The van der Waals surface area contributed by atoms with E-state index in [9.17, 15) is 4.79 Å². The summed E-state index contributed by atoms with van der Waals surface area (Å²) in [5.74, 6) is 1.18. The van der Waals surface area contributed by atoms with E-state index in [0.717, 1.165) is 16.7 Å². The number of aryl methyl sites for hydroxylation is 1. The molecule has 186 valence electrons. The summed E-state index contributed by atoms with van der Waals surface area (Å²) in [6.45, 7) is 4.41. The zero-order chi connectivity index (χ0) is 25.5. The van der Waals surface area contributed by atoms with Crippen molar-refractivity contribution < 1.29 is 14.3 Å². The van der Waals surface area contributed by atoms with E-state index >= 15 is 0 Å². The molecular formula is C25H25ClN6O3S. The largest absolute Gasteiger partial charge is 0.490 e. The van der Waals surface area contributed by atoms with Crippen LogP contribution in [0.1, 0.15) is 18.1 Å². The van der Waals surface area contributed by atoms with Gasteiger partial charge in [0.1, 0.15) is 0 Å². The van der Waals surface area contributed by atoms with E-state index in [0.29, 0.717) is 46.0 Å². The maximum atomic E-state index is 12.4. The van der Waals surface area contributed by atoms with Crippen molar-refractivity contribution in [1.82, 2.24) is 19.9 Å². The van der Waals surface area contributed by atoms with Gasteiger partial charge in [-0.05, 0) is 62.0 Å². The van der Waals surface area contributed by atoms with Gasteiger partial charge in [0.25, 0.3) is 5.91 Å². The van der Waals surface area contributed by atoms with Crippen LogP contribution in [0.4, 0.5) is 5.69 Å². The molecule has 9 nitrogen and oxygen atoms in total. The number of hydrogen-bond acceptors (Lipinski definition) is 7. The number of nitrogens with zero attached hydrogens (tertiary/aromatic N) is 3. The average Bonchev–Trinajstić information content (AvgIpc) is 3.25. The molecule has 2 heterocycles. The van der Waals surface area contributed by atoms with Crippen LogP contribution in [0.5, 0.6) is 11.5 Å². The Balaban J connectivity index is 1.46. The van der Waals surface area contributed by atoms with Crippen molar-refractivity contribution in [3.8, 4) is 22.9 Å². The van der Waals surface area contributed by atoms with E-state index in [4.69, 9.17) is 33.3 Å². The number of hydrogen-bond donors (Lipinski definition) is 3. The second-order valence-corrected chi connectivity index (χ2v) is 8.58. The number of anilines is 1. The summed E-state index contributed by atoms with van der Waals surface area (Å²) in [5.41, 5.74) is 6.64. The third kappa shape index (κ3) is 6.21. The van der Waals surface area contributed by atoms with E-state index in [2.05, 4.69) is 25.9 Å². The van der Waals surface area contributed by atoms with E-state index in [1.165, 1.54) is 0 Å². The Morgan fingerprint density at radius 3 is 2.56 bits per heavy atom. The smallest absolute Gasteiger partial charge is 0.262 e. The summed E-state index contributed by atoms with van der Waals surface area (Å²) >= 11 is 11.9. The Morgan fingerprint density at radius 1 is 1.11 bits per heavy atom. The van der Waals surface area contributed by atoms with Gasteiger partial charge in [-0.1, -0.05) is 29.3 Å². The van der Waals surface area contributed by atoms with Crippen LogP contribution in [0.3, 0.4) is 0 Å². The predicted molar refractivity (Wildman–Crippen MR) is 142 cm³/mol. The summed E-state index contributed by atoms with van der Waals surface area (Å²) in [5, 5.41) is 10.3. The molecule has 1 amide bonds. The van der Waals surface area contributed by atoms with Crippen LogP contribution in [-0.2, 0) is 11.3 Å². The lowest BCUT2D eigenvalue weighted by atomic mass is 10.2. The zero-order valence-corrected chi connectivity index (χ0v) is 21.3. The van der Waals surface area contributed by atoms with Gasteiger partial charge in [-0.25, -0.2) is 9.77 Å². The lowest BCUT2D eigenvalue weighted by Gasteiger charge is -2.16. The molecule has 0 aliphatic rings. The molecule has 3 N–H and O–H groups in total. The van der Waals surface area contributed by atoms with Gasteiger partial charge < -0.3 is 20.2 Å². The first-order chi connectivity index (χ1) is 17.4. The third-order valence-corrected chi connectivity index (χ3v) is 5.77. The van der Waals surface area contributed by atoms with Crippen LogP contribution in [0.25, 0.3) is 11.4 Å². The molecule has 0 aliphatic heterocycles. The number of carbonyl (C=O) groups excluding carboxylic acids is 1. The van der Waals surface area contributed by atoms with Gasteiger partial charge in [0.05, 0.1) is 13.2 Å². The molecule has 36 heavy (non-hydrogen) atoms. The highest BCUT2D eigenvalue weighted by molar-refractivity contribution is 7.71. The Morgan fingerprint density at radius 2 is 1.83 bits per heavy atom. The first kappa shape index (κ1) is 25.2. The number of carbonyl (C=O) groups is 1. The van der Waals surface area contributed by atoms with Crippen LogP contribution in [0.15, 0.2) is 60.9 Å². The zero-order valence-electron chi connectivity index (χ0n) is 19.7. The average molecular weight is 525 g/mol. The molecule has 0 fully saturated rings. The van der Waals surface area contributed by atoms with Crippen LogP contribution >= 0.6 is 23.8 Å². The van der Waals surface area contributed by atoms with E-state index in [1.807, 2.05) is 50.2 Å². The number of H-pyrrole nitrogens is 1. The minimum atomic E-state index is -0.291. The van der Waals surface area contributed by atoms with E-state index in [-0.39, 0.29) is 12.5 Å². The minimum Gasteiger partial charge on any atom is -0.490 e. The number of ether oxygens (including phenoxy) is 2. The van der Waals surface area contributed by atoms with Gasteiger partial charge in [0, 0.05) is 34.7 Å². The standard InChI is InChI=1S/C25H25ClN6O3S/c1-3-34-21-12-18(14-28-32-24(30-31-25(32)36)17-8-10-27-11-9-17)20(26)13-22(21)35-15-23(33)29-19-6-4-16(2)5-7-19/h4-13,28H,3,14-15H2,1-2H3,(H,29,33)(H,31,36). The first-order valence-corrected chi connectivity index (χ1v) is 12.0. The molecule has 0 bridgehead atoms. The number of aromatic nitrogens is 4. The second kappa shape index (κ2) is 11.7. The first-order valence-electron chi connectivity index (χ1n) is 11.2. The molecule has 2 aromatic heterocycles. The second-order valence-electron chi connectivity index (χ2n) is 7.78. The topological polar surface area (TPSA) is 106 Å². The van der Waals surface area contributed by atoms with Crippen LogP contribution in [0.2, 0.25) is 5.02 Å². The highest BCUT2D eigenvalue weighted by Gasteiger charge is 2.15. The molecule has 0 aliphatic carbocycles. The highest BCUT2D eigenvalue weighted by Crippen LogP contribution is 2.34. The molecule has 4 rings (SSSR count). The molecule has 0 spiro atoms. The Bertz CT molecular complexity index is 1390. The molecule has 0 atom stereocenters. The van der Waals surface area contributed by atoms with Crippen LogP contribution in [-0.4, -0.2) is 39.0 Å². The van der Waals surface area contributed by atoms with Crippen molar-refractivity contribution in [3.63, 3.8) is 0 Å². The quantitative estimate of drug-likeness (QED) is 0.247. The fourth-order valence-corrected chi connectivity index (χ4v) is 3.79. The van der Waals surface area contributed by atoms with Crippen LogP contribution < -0.4 is 20.2 Å². The lowest BCUT2D eigenvalue weighted by Crippen LogP contribution is -2.20. The van der Waals surface area contributed by atoms with Crippen molar-refractivity contribution in [2.24, 2.45) is 0 Å². The minimum absolute atomic E-state index is 0.193. The summed E-state index contributed by atoms with van der Waals surface area (Å²) in [7, 11) is 0. The highest BCUT2D eigenvalue weighted by atomic mass is 35.5. The number of benzene rings is 2. The van der Waals surface area contributed by atoms with Gasteiger partial charge in [0.2, 0.25) is 4.77 Å². The maximum Gasteiger partial charge on any atom is 0.262 e. The van der Waals surface area contributed by atoms with Gasteiger partial charge >= 0.3 is 0 Å². The third-order valence-electron chi connectivity index (χ3n) is 5.15. The number of pyridine rings is 1. The summed E-state index contributed by atoms with van der Waals surface area (Å²) in [4.78, 5) is 16.4. The fourth-order valence-electron chi connectivity index (χ4n) is 3.37. The SMILES string of the molecule is CCOc1cc(CNn2c(-c3ccncc3)n[nH]c2=S)c(Cl)cc1OCC(=O)Nc1ccc(C)cc1. The number of rotatable bonds is 10. The number of halogens is 1. The summed E-state index contributed by atoms with van der Waals surface area (Å²) in [6, 6.07) is 14.6. The van der Waals surface area contributed by atoms with Gasteiger partial charge in [-0.3, -0.25) is 9.78 Å². The lowest BCUT2D eigenvalue weighted by molar-refractivity contribution is -0.118. The molecule has 0 saturated carbocycles. The van der Waals surface area contributed by atoms with Crippen molar-refractivity contribution in [1.29, 1.82) is 0 Å². The number of amides is 1. The van der Waals surface area contributed by atoms with Gasteiger partial charge in [0.15, 0.2) is 23.9 Å². The Labute approximate surface area is 218 Å². The molecular weight excluding hydrogens is 500 g/mol. The molecule has 0 radical (unpaired) electrons. The Kier molecular flexibility index (Phi) is 8.19. The van der Waals surface area contributed by atoms with E-state index < -0.39 is 0 Å². The number of aromatic amines is 1. The van der Waals surface area contributed by atoms with Gasteiger partial charge in [-0.2, -0.15) is 5.10 Å². The number of nitrogens with one attached hydrogen (secondary N) is 3. The van der Waals surface area contributed by atoms with Crippen molar-refractivity contribution in [2.75, 3.05) is 24.0 Å². The van der Waals surface area contributed by atoms with E-state index in [1.54, 1.807) is 29.2 Å². The maximum absolute atomic E-state index is 12.4. The molecule has 11 heteroatoms. The van der Waals surface area contributed by atoms with Crippen molar-refractivity contribution in [2.45, 2.75) is 20.4 Å². The molecule has 0 saturated heterocycles. The fraction of sp³-hybridized carbons (Fsp3) is 0.200. The monoisotopic (exact) mass is 524 g/mol. The molecule has 0 unspecified atom stereocenters. The van der Waals surface area contributed by atoms with Crippen molar-refractivity contribution >= 4 is 35.4 Å². The van der Waals surface area contributed by atoms with Gasteiger partial charge in [-0.15, -0.1) is 0 Å².